The number of nitrogen functional groups attached to an aromatic ring is 1. The van der Waals surface area contributed by atoms with Crippen LogP contribution in [0.2, 0.25) is 5.02 Å². The summed E-state index contributed by atoms with van der Waals surface area (Å²) in [5.74, 6) is 0. The average Bonchev–Trinajstić information content (AvgIpc) is 2.69. The number of thiophene rings is 1. The number of nitrogens with two attached hydrogens (primary N) is 1. The molecule has 1 aromatic carbocycles. The summed E-state index contributed by atoms with van der Waals surface area (Å²) in [6.45, 7) is 0.845. The minimum absolute atomic E-state index is 0.695. The van der Waals surface area contributed by atoms with Gasteiger partial charge in [-0.1, -0.05) is 11.6 Å². The van der Waals surface area contributed by atoms with E-state index in [0.29, 0.717) is 5.02 Å². The van der Waals surface area contributed by atoms with E-state index in [1.165, 1.54) is 4.88 Å². The first-order valence-electron chi connectivity index (χ1n) is 5.17. The van der Waals surface area contributed by atoms with Crippen molar-refractivity contribution >= 4 is 50.2 Å². The highest BCUT2D eigenvalue weighted by Gasteiger charge is 2.01. The van der Waals surface area contributed by atoms with E-state index in [1.54, 1.807) is 17.4 Å². The molecular formula is C12H12BrClN2S. The monoisotopic (exact) mass is 330 g/mol. The first-order valence-corrected chi connectivity index (χ1v) is 7.22. The summed E-state index contributed by atoms with van der Waals surface area (Å²) >= 11 is 11.1. The summed E-state index contributed by atoms with van der Waals surface area (Å²) in [6, 6.07) is 7.58. The summed E-state index contributed by atoms with van der Waals surface area (Å²) < 4.78 is 1.14. The van der Waals surface area contributed by atoms with E-state index in [-0.39, 0.29) is 0 Å². The number of hydrogen-bond acceptors (Lipinski definition) is 3. The summed E-state index contributed by atoms with van der Waals surface area (Å²) in [4.78, 5) is 1.34. The maximum absolute atomic E-state index is 5.92. The topological polar surface area (TPSA) is 38.0 Å². The van der Waals surface area contributed by atoms with Crippen molar-refractivity contribution in [1.29, 1.82) is 0 Å². The molecule has 2 aromatic rings. The molecule has 2 rings (SSSR count). The molecule has 0 aliphatic heterocycles. The molecular weight excluding hydrogens is 320 g/mol. The molecule has 0 spiro atoms. The van der Waals surface area contributed by atoms with E-state index >= 15 is 0 Å². The van der Waals surface area contributed by atoms with Crippen LogP contribution in [-0.4, -0.2) is 6.54 Å². The third-order valence-electron chi connectivity index (χ3n) is 2.32. The Balaban J connectivity index is 1.91. The van der Waals surface area contributed by atoms with Gasteiger partial charge in [0, 0.05) is 26.3 Å². The van der Waals surface area contributed by atoms with Gasteiger partial charge in [-0.05, 0) is 46.6 Å². The lowest BCUT2D eigenvalue weighted by Crippen LogP contribution is -2.06. The van der Waals surface area contributed by atoms with Crippen LogP contribution in [0, 0.1) is 0 Å². The van der Waals surface area contributed by atoms with Crippen LogP contribution in [0.25, 0.3) is 0 Å². The van der Waals surface area contributed by atoms with E-state index in [0.717, 1.165) is 28.8 Å². The van der Waals surface area contributed by atoms with Crippen LogP contribution in [0.1, 0.15) is 4.88 Å². The predicted octanol–water partition coefficient (Wildman–Crippen LogP) is 4.40. The largest absolute Gasteiger partial charge is 0.397 e. The molecule has 1 aromatic heterocycles. The lowest BCUT2D eigenvalue weighted by molar-refractivity contribution is 1.04. The van der Waals surface area contributed by atoms with Crippen molar-refractivity contribution in [2.45, 2.75) is 6.42 Å². The van der Waals surface area contributed by atoms with Gasteiger partial charge in [0.1, 0.15) is 0 Å². The van der Waals surface area contributed by atoms with Crippen molar-refractivity contribution in [2.24, 2.45) is 0 Å². The first kappa shape index (κ1) is 12.7. The summed E-state index contributed by atoms with van der Waals surface area (Å²) in [7, 11) is 0. The second kappa shape index (κ2) is 5.76. The molecule has 0 bridgehead atoms. The highest BCUT2D eigenvalue weighted by Crippen LogP contribution is 2.24. The number of benzene rings is 1. The quantitative estimate of drug-likeness (QED) is 0.815. The van der Waals surface area contributed by atoms with Crippen LogP contribution < -0.4 is 11.1 Å². The molecule has 0 saturated heterocycles. The van der Waals surface area contributed by atoms with Gasteiger partial charge < -0.3 is 11.1 Å². The van der Waals surface area contributed by atoms with E-state index in [9.17, 15) is 0 Å². The Labute approximate surface area is 118 Å². The Kier molecular flexibility index (Phi) is 4.31. The number of anilines is 2. The van der Waals surface area contributed by atoms with Crippen LogP contribution in [0.5, 0.6) is 0 Å². The summed E-state index contributed by atoms with van der Waals surface area (Å²) in [5, 5.41) is 6.07. The number of rotatable bonds is 4. The van der Waals surface area contributed by atoms with Gasteiger partial charge in [-0.15, -0.1) is 11.3 Å². The molecule has 0 aliphatic carbocycles. The van der Waals surface area contributed by atoms with Gasteiger partial charge in [0.2, 0.25) is 0 Å². The summed E-state index contributed by atoms with van der Waals surface area (Å²) in [5.41, 5.74) is 7.47. The molecule has 0 aliphatic rings. The van der Waals surface area contributed by atoms with Crippen LogP contribution >= 0.6 is 38.9 Å². The molecule has 2 nitrogen and oxygen atoms in total. The lowest BCUT2D eigenvalue weighted by atomic mass is 10.2. The van der Waals surface area contributed by atoms with Gasteiger partial charge in [0.25, 0.3) is 0 Å². The maximum atomic E-state index is 5.92. The van der Waals surface area contributed by atoms with E-state index in [1.807, 2.05) is 12.1 Å². The van der Waals surface area contributed by atoms with Crippen molar-refractivity contribution in [2.75, 3.05) is 17.6 Å². The molecule has 0 unspecified atom stereocenters. The van der Waals surface area contributed by atoms with Gasteiger partial charge >= 0.3 is 0 Å². The Morgan fingerprint density at radius 3 is 2.88 bits per heavy atom. The normalized spacial score (nSPS) is 10.5. The molecule has 5 heteroatoms. The van der Waals surface area contributed by atoms with Gasteiger partial charge in [0.05, 0.1) is 11.4 Å². The fourth-order valence-corrected chi connectivity index (χ4v) is 3.11. The zero-order chi connectivity index (χ0) is 12.3. The van der Waals surface area contributed by atoms with Crippen molar-refractivity contribution < 1.29 is 0 Å². The molecule has 0 radical (unpaired) electrons. The smallest absolute Gasteiger partial charge is 0.0588 e. The second-order valence-electron chi connectivity index (χ2n) is 3.64. The zero-order valence-corrected chi connectivity index (χ0v) is 12.2. The van der Waals surface area contributed by atoms with E-state index < -0.39 is 0 Å². The van der Waals surface area contributed by atoms with Crippen molar-refractivity contribution in [3.8, 4) is 0 Å². The van der Waals surface area contributed by atoms with Crippen molar-refractivity contribution in [3.05, 3.63) is 44.0 Å². The molecule has 17 heavy (non-hydrogen) atoms. The highest BCUT2D eigenvalue weighted by atomic mass is 79.9. The average molecular weight is 332 g/mol. The third-order valence-corrected chi connectivity index (χ3v) is 4.32. The van der Waals surface area contributed by atoms with Crippen molar-refractivity contribution in [1.82, 2.24) is 0 Å². The SMILES string of the molecule is Nc1ccc(Cl)cc1NCCc1cc(Br)cs1. The molecule has 0 amide bonds. The Bertz CT molecular complexity index is 513. The minimum Gasteiger partial charge on any atom is -0.397 e. The molecule has 1 heterocycles. The van der Waals surface area contributed by atoms with Gasteiger partial charge in [0.15, 0.2) is 0 Å². The Hall–Kier alpha value is -0.710. The lowest BCUT2D eigenvalue weighted by Gasteiger charge is -2.08. The van der Waals surface area contributed by atoms with Crippen LogP contribution in [0.4, 0.5) is 11.4 Å². The molecule has 0 fully saturated rings. The van der Waals surface area contributed by atoms with Gasteiger partial charge in [-0.3, -0.25) is 0 Å². The van der Waals surface area contributed by atoms with Crippen molar-refractivity contribution in [3.63, 3.8) is 0 Å². The molecule has 0 saturated carbocycles. The predicted molar refractivity (Wildman–Crippen MR) is 80.1 cm³/mol. The Morgan fingerprint density at radius 1 is 1.35 bits per heavy atom. The van der Waals surface area contributed by atoms with Crippen LogP contribution in [0.3, 0.4) is 0 Å². The minimum atomic E-state index is 0.695. The molecule has 90 valence electrons. The van der Waals surface area contributed by atoms with Gasteiger partial charge in [-0.25, -0.2) is 0 Å². The third kappa shape index (κ3) is 3.63. The number of hydrogen-bond donors (Lipinski definition) is 2. The van der Waals surface area contributed by atoms with Crippen LogP contribution in [-0.2, 0) is 6.42 Å². The number of halogens is 2. The molecule has 0 atom stereocenters. The Morgan fingerprint density at radius 2 is 2.18 bits per heavy atom. The first-order chi connectivity index (χ1) is 8.15. The van der Waals surface area contributed by atoms with E-state index in [2.05, 4.69) is 32.7 Å². The summed E-state index contributed by atoms with van der Waals surface area (Å²) in [6.07, 6.45) is 0.974. The zero-order valence-electron chi connectivity index (χ0n) is 9.04. The fourth-order valence-electron chi connectivity index (χ4n) is 1.49. The standard InChI is InChI=1S/C12H12BrClN2S/c13-8-5-10(17-7-8)3-4-16-12-6-9(14)1-2-11(12)15/h1-2,5-7,16H,3-4,15H2. The second-order valence-corrected chi connectivity index (χ2v) is 5.99. The van der Waals surface area contributed by atoms with E-state index in [4.69, 9.17) is 17.3 Å². The van der Waals surface area contributed by atoms with Crippen LogP contribution in [0.15, 0.2) is 34.1 Å². The number of nitrogens with one attached hydrogen (secondary N) is 1. The maximum Gasteiger partial charge on any atom is 0.0588 e. The highest BCUT2D eigenvalue weighted by molar-refractivity contribution is 9.10. The molecule has 3 N–H and O–H groups in total. The fraction of sp³-hybridized carbons (Fsp3) is 0.167. The van der Waals surface area contributed by atoms with Gasteiger partial charge in [-0.2, -0.15) is 0 Å².